The summed E-state index contributed by atoms with van der Waals surface area (Å²) in [5.74, 6) is 0.734. The number of nitrogens with zero attached hydrogens (tertiary/aromatic N) is 2. The molecule has 3 rings (SSSR count). The van der Waals surface area contributed by atoms with Crippen molar-refractivity contribution in [3.8, 4) is 0 Å². The van der Waals surface area contributed by atoms with E-state index in [0.717, 1.165) is 44.2 Å². The van der Waals surface area contributed by atoms with Gasteiger partial charge >= 0.3 is 6.03 Å². The molecule has 1 N–H and O–H groups in total. The first-order valence-electron chi connectivity index (χ1n) is 6.57. The molecule has 2 heterocycles. The van der Waals surface area contributed by atoms with Gasteiger partial charge in [0.15, 0.2) is 0 Å². The van der Waals surface area contributed by atoms with Gasteiger partial charge < -0.3 is 10.2 Å². The SMILES string of the molecule is CN1Cc2ccccc2N(CCC2CNC2)C1=O. The fraction of sp³-hybridized carbons (Fsp3) is 0.500. The van der Waals surface area contributed by atoms with Crippen LogP contribution in [-0.4, -0.2) is 37.6 Å². The molecule has 2 amide bonds. The van der Waals surface area contributed by atoms with Crippen LogP contribution in [0.3, 0.4) is 0 Å². The van der Waals surface area contributed by atoms with Crippen molar-refractivity contribution in [2.24, 2.45) is 5.92 Å². The first-order valence-corrected chi connectivity index (χ1v) is 6.57. The number of carbonyl (C=O) groups is 1. The first kappa shape index (κ1) is 11.5. The van der Waals surface area contributed by atoms with E-state index in [1.54, 1.807) is 4.90 Å². The van der Waals surface area contributed by atoms with Crippen LogP contribution in [0.4, 0.5) is 10.5 Å². The number of amides is 2. The lowest BCUT2D eigenvalue weighted by Crippen LogP contribution is -2.48. The zero-order valence-electron chi connectivity index (χ0n) is 10.7. The van der Waals surface area contributed by atoms with Gasteiger partial charge in [0.25, 0.3) is 0 Å². The van der Waals surface area contributed by atoms with Crippen LogP contribution in [0, 0.1) is 5.92 Å². The maximum Gasteiger partial charge on any atom is 0.324 e. The third-order valence-corrected chi connectivity index (χ3v) is 3.87. The van der Waals surface area contributed by atoms with Gasteiger partial charge in [0, 0.05) is 20.1 Å². The van der Waals surface area contributed by atoms with E-state index in [4.69, 9.17) is 0 Å². The monoisotopic (exact) mass is 245 g/mol. The Balaban J connectivity index is 1.79. The van der Waals surface area contributed by atoms with Crippen molar-refractivity contribution in [3.05, 3.63) is 29.8 Å². The molecule has 2 aliphatic heterocycles. The zero-order valence-corrected chi connectivity index (χ0v) is 10.7. The van der Waals surface area contributed by atoms with E-state index in [2.05, 4.69) is 17.4 Å². The third-order valence-electron chi connectivity index (χ3n) is 3.87. The quantitative estimate of drug-likeness (QED) is 0.879. The van der Waals surface area contributed by atoms with Crippen LogP contribution < -0.4 is 10.2 Å². The summed E-state index contributed by atoms with van der Waals surface area (Å²) in [6.07, 6.45) is 1.08. The lowest BCUT2D eigenvalue weighted by atomic mass is 9.98. The van der Waals surface area contributed by atoms with Crippen LogP contribution in [0.1, 0.15) is 12.0 Å². The molecular weight excluding hydrogens is 226 g/mol. The Morgan fingerprint density at radius 3 is 2.83 bits per heavy atom. The van der Waals surface area contributed by atoms with E-state index in [9.17, 15) is 4.79 Å². The van der Waals surface area contributed by atoms with Crippen LogP contribution in [0.5, 0.6) is 0 Å². The third kappa shape index (κ3) is 1.97. The molecule has 4 nitrogen and oxygen atoms in total. The van der Waals surface area contributed by atoms with Gasteiger partial charge in [0.1, 0.15) is 0 Å². The maximum atomic E-state index is 12.2. The standard InChI is InChI=1S/C14H19N3O/c1-16-10-12-4-2-3-5-13(12)17(14(16)18)7-6-11-8-15-9-11/h2-5,11,15H,6-10H2,1H3. The topological polar surface area (TPSA) is 35.6 Å². The molecule has 1 aromatic carbocycles. The predicted octanol–water partition coefficient (Wildman–Crippen LogP) is 1.67. The Hall–Kier alpha value is -1.55. The molecule has 1 fully saturated rings. The smallest absolute Gasteiger partial charge is 0.323 e. The molecule has 0 saturated carbocycles. The Morgan fingerprint density at radius 2 is 2.11 bits per heavy atom. The largest absolute Gasteiger partial charge is 0.324 e. The van der Waals surface area contributed by atoms with Gasteiger partial charge in [0.2, 0.25) is 0 Å². The number of nitrogens with one attached hydrogen (secondary N) is 1. The van der Waals surface area contributed by atoms with Crippen molar-refractivity contribution in [3.63, 3.8) is 0 Å². The minimum atomic E-state index is 0.126. The van der Waals surface area contributed by atoms with Crippen LogP contribution in [-0.2, 0) is 6.54 Å². The van der Waals surface area contributed by atoms with Crippen molar-refractivity contribution in [2.75, 3.05) is 31.6 Å². The van der Waals surface area contributed by atoms with Gasteiger partial charge in [-0.25, -0.2) is 4.79 Å². The molecule has 0 bridgehead atoms. The summed E-state index contributed by atoms with van der Waals surface area (Å²) >= 11 is 0. The number of rotatable bonds is 3. The summed E-state index contributed by atoms with van der Waals surface area (Å²) in [6.45, 7) is 3.74. The molecule has 96 valence electrons. The average molecular weight is 245 g/mol. The minimum Gasteiger partial charge on any atom is -0.323 e. The second kappa shape index (κ2) is 4.61. The van der Waals surface area contributed by atoms with Crippen molar-refractivity contribution in [1.29, 1.82) is 0 Å². The van der Waals surface area contributed by atoms with Gasteiger partial charge in [-0.1, -0.05) is 18.2 Å². The van der Waals surface area contributed by atoms with E-state index in [1.165, 1.54) is 5.56 Å². The molecule has 2 aliphatic rings. The highest BCUT2D eigenvalue weighted by Gasteiger charge is 2.28. The Bertz CT molecular complexity index is 456. The Kier molecular flexibility index (Phi) is 2.96. The van der Waals surface area contributed by atoms with E-state index in [-0.39, 0.29) is 6.03 Å². The fourth-order valence-electron chi connectivity index (χ4n) is 2.62. The van der Waals surface area contributed by atoms with Gasteiger partial charge in [0.05, 0.1) is 5.69 Å². The van der Waals surface area contributed by atoms with Crippen molar-refractivity contribution in [2.45, 2.75) is 13.0 Å². The highest BCUT2D eigenvalue weighted by Crippen LogP contribution is 2.28. The fourth-order valence-corrected chi connectivity index (χ4v) is 2.62. The number of anilines is 1. The number of hydrogen-bond donors (Lipinski definition) is 1. The van der Waals surface area contributed by atoms with Crippen LogP contribution in [0.15, 0.2) is 24.3 Å². The predicted molar refractivity (Wildman–Crippen MR) is 71.6 cm³/mol. The van der Waals surface area contributed by atoms with E-state index in [1.807, 2.05) is 24.1 Å². The molecule has 4 heteroatoms. The number of fused-ring (bicyclic) bond motifs is 1. The van der Waals surface area contributed by atoms with Crippen LogP contribution >= 0.6 is 0 Å². The number of hydrogen-bond acceptors (Lipinski definition) is 2. The van der Waals surface area contributed by atoms with Gasteiger partial charge in [-0.15, -0.1) is 0 Å². The molecule has 18 heavy (non-hydrogen) atoms. The molecule has 0 aromatic heterocycles. The van der Waals surface area contributed by atoms with Crippen molar-refractivity contribution < 1.29 is 4.79 Å². The van der Waals surface area contributed by atoms with E-state index in [0.29, 0.717) is 0 Å². The lowest BCUT2D eigenvalue weighted by molar-refractivity contribution is 0.209. The number of para-hydroxylation sites is 1. The summed E-state index contributed by atoms with van der Waals surface area (Å²) in [6, 6.07) is 8.34. The van der Waals surface area contributed by atoms with Gasteiger partial charge in [-0.05, 0) is 37.1 Å². The molecule has 1 aromatic rings. The van der Waals surface area contributed by atoms with Crippen molar-refractivity contribution in [1.82, 2.24) is 10.2 Å². The van der Waals surface area contributed by atoms with Gasteiger partial charge in [-0.3, -0.25) is 4.90 Å². The molecule has 1 saturated heterocycles. The second-order valence-corrected chi connectivity index (χ2v) is 5.23. The average Bonchev–Trinajstić information content (AvgIpc) is 2.32. The minimum absolute atomic E-state index is 0.126. The number of carbonyl (C=O) groups excluding carboxylic acids is 1. The molecule has 0 atom stereocenters. The first-order chi connectivity index (χ1) is 8.75. The zero-order chi connectivity index (χ0) is 12.5. The summed E-state index contributed by atoms with van der Waals surface area (Å²) < 4.78 is 0. The Labute approximate surface area is 108 Å². The second-order valence-electron chi connectivity index (χ2n) is 5.23. The summed E-state index contributed by atoms with van der Waals surface area (Å²) in [4.78, 5) is 16.0. The summed E-state index contributed by atoms with van der Waals surface area (Å²) in [5.41, 5.74) is 2.33. The molecule has 0 radical (unpaired) electrons. The van der Waals surface area contributed by atoms with E-state index >= 15 is 0 Å². The molecule has 0 unspecified atom stereocenters. The normalized spacial score (nSPS) is 19.7. The molecule has 0 aliphatic carbocycles. The summed E-state index contributed by atoms with van der Waals surface area (Å²) in [7, 11) is 1.87. The number of urea groups is 1. The summed E-state index contributed by atoms with van der Waals surface area (Å²) in [5, 5.41) is 3.27. The van der Waals surface area contributed by atoms with Crippen molar-refractivity contribution >= 4 is 11.7 Å². The Morgan fingerprint density at radius 1 is 1.33 bits per heavy atom. The highest BCUT2D eigenvalue weighted by molar-refractivity contribution is 5.94. The van der Waals surface area contributed by atoms with Crippen LogP contribution in [0.2, 0.25) is 0 Å². The van der Waals surface area contributed by atoms with Crippen LogP contribution in [0.25, 0.3) is 0 Å². The lowest BCUT2D eigenvalue weighted by Gasteiger charge is -2.37. The highest BCUT2D eigenvalue weighted by atomic mass is 16.2. The number of benzene rings is 1. The van der Waals surface area contributed by atoms with Gasteiger partial charge in [-0.2, -0.15) is 0 Å². The molecule has 0 spiro atoms. The maximum absolute atomic E-state index is 12.2. The molecular formula is C14H19N3O. The van der Waals surface area contributed by atoms with E-state index < -0.39 is 0 Å².